The number of aromatic nitrogens is 1. The van der Waals surface area contributed by atoms with Gasteiger partial charge in [-0.05, 0) is 55.8 Å². The number of amides is 2. The summed E-state index contributed by atoms with van der Waals surface area (Å²) in [7, 11) is 3.50. The molecule has 0 saturated carbocycles. The molecule has 11 heteroatoms. The summed E-state index contributed by atoms with van der Waals surface area (Å²) in [5.74, 6) is 0.901. The number of anilines is 4. The molecule has 1 saturated heterocycles. The highest BCUT2D eigenvalue weighted by Crippen LogP contribution is 2.30. The Labute approximate surface area is 254 Å². The Hall–Kier alpha value is -4.35. The predicted octanol–water partition coefficient (Wildman–Crippen LogP) is 4.18. The predicted molar refractivity (Wildman–Crippen MR) is 171 cm³/mol. The summed E-state index contributed by atoms with van der Waals surface area (Å²) in [4.78, 5) is 35.4. The first-order valence-corrected chi connectivity index (χ1v) is 14.8. The molecule has 1 aliphatic rings. The molecule has 1 fully saturated rings. The van der Waals surface area contributed by atoms with Gasteiger partial charge in [-0.1, -0.05) is 13.0 Å². The van der Waals surface area contributed by atoms with Crippen molar-refractivity contribution in [2.45, 2.75) is 26.2 Å². The minimum absolute atomic E-state index is 0.149. The number of carbonyl (C=O) groups is 2. The summed E-state index contributed by atoms with van der Waals surface area (Å²) in [5.41, 5.74) is 9.84. The van der Waals surface area contributed by atoms with Gasteiger partial charge in [0.05, 0.1) is 31.3 Å². The monoisotopic (exact) mass is 589 g/mol. The highest BCUT2D eigenvalue weighted by atomic mass is 16.5. The lowest BCUT2D eigenvalue weighted by Gasteiger charge is -2.27. The third kappa shape index (κ3) is 9.07. The number of hydrogen-bond donors (Lipinski definition) is 3. The number of nitrogens with one attached hydrogen (secondary N) is 2. The fraction of sp³-hybridized carbons (Fsp3) is 0.406. The molecule has 0 radical (unpaired) electrons. The lowest BCUT2D eigenvalue weighted by molar-refractivity contribution is -0.118. The van der Waals surface area contributed by atoms with Crippen LogP contribution in [0.4, 0.5) is 22.7 Å². The van der Waals surface area contributed by atoms with Crippen molar-refractivity contribution in [2.24, 2.45) is 0 Å². The Morgan fingerprint density at radius 2 is 1.88 bits per heavy atom. The fourth-order valence-corrected chi connectivity index (χ4v) is 4.92. The van der Waals surface area contributed by atoms with Crippen molar-refractivity contribution >= 4 is 34.6 Å². The van der Waals surface area contributed by atoms with Crippen molar-refractivity contribution in [1.82, 2.24) is 15.2 Å². The van der Waals surface area contributed by atoms with Gasteiger partial charge in [0.15, 0.2) is 0 Å². The zero-order chi connectivity index (χ0) is 30.6. The molecule has 0 aliphatic carbocycles. The Morgan fingerprint density at radius 1 is 1.09 bits per heavy atom. The van der Waals surface area contributed by atoms with Crippen molar-refractivity contribution in [3.8, 4) is 11.5 Å². The number of benzene rings is 2. The summed E-state index contributed by atoms with van der Waals surface area (Å²) in [5, 5.41) is 6.00. The maximum Gasteiger partial charge on any atom is 0.269 e. The van der Waals surface area contributed by atoms with Crippen LogP contribution in [0.1, 0.15) is 36.7 Å². The van der Waals surface area contributed by atoms with Gasteiger partial charge in [0.25, 0.3) is 5.91 Å². The molecule has 4 rings (SSSR count). The number of pyridine rings is 1. The van der Waals surface area contributed by atoms with Gasteiger partial charge in [-0.2, -0.15) is 0 Å². The van der Waals surface area contributed by atoms with E-state index in [0.29, 0.717) is 36.8 Å². The van der Waals surface area contributed by atoms with Crippen LogP contribution in [0, 0.1) is 0 Å². The van der Waals surface area contributed by atoms with E-state index in [1.165, 1.54) is 6.20 Å². The van der Waals surface area contributed by atoms with Gasteiger partial charge in [-0.15, -0.1) is 0 Å². The lowest BCUT2D eigenvalue weighted by Crippen LogP contribution is -2.37. The molecule has 2 aromatic carbocycles. The van der Waals surface area contributed by atoms with E-state index in [2.05, 4.69) is 27.4 Å². The maximum absolute atomic E-state index is 13.2. The van der Waals surface area contributed by atoms with Crippen molar-refractivity contribution in [3.05, 3.63) is 66.5 Å². The second kappa shape index (κ2) is 15.8. The van der Waals surface area contributed by atoms with Crippen molar-refractivity contribution in [2.75, 3.05) is 81.0 Å². The number of nitrogens with zero attached hydrogens (tertiary/aromatic N) is 4. The summed E-state index contributed by atoms with van der Waals surface area (Å²) in [6, 6.07) is 16.7. The number of morpholine rings is 1. The smallest absolute Gasteiger partial charge is 0.269 e. The number of ether oxygens (including phenoxy) is 2. The standard InChI is InChI=1S/C32H43N7O4/c1-4-14-39(31(40)9-6-15-38-16-18-42-19-17-38)25-8-5-7-24(20-25)36-23-37(3)30-11-10-26(21-28(30)33)43-27-12-13-35-29(22-27)32(41)34-2/h5,7-8,10-13,20-22,36H,4,6,9,14-19,23,33H2,1-3H3,(H,34,41). The molecule has 2 heterocycles. The lowest BCUT2D eigenvalue weighted by atomic mass is 10.2. The van der Waals surface area contributed by atoms with E-state index in [-0.39, 0.29) is 17.5 Å². The van der Waals surface area contributed by atoms with Crippen LogP contribution in [0.5, 0.6) is 11.5 Å². The molecule has 230 valence electrons. The number of nitrogen functional groups attached to an aromatic ring is 1. The molecule has 11 nitrogen and oxygen atoms in total. The summed E-state index contributed by atoms with van der Waals surface area (Å²) < 4.78 is 11.3. The van der Waals surface area contributed by atoms with Crippen molar-refractivity contribution < 1.29 is 19.1 Å². The second-order valence-electron chi connectivity index (χ2n) is 10.5. The van der Waals surface area contributed by atoms with Crippen LogP contribution in [0.15, 0.2) is 60.8 Å². The average Bonchev–Trinajstić information content (AvgIpc) is 3.03. The minimum Gasteiger partial charge on any atom is -0.457 e. The highest BCUT2D eigenvalue weighted by Gasteiger charge is 2.17. The third-order valence-corrected chi connectivity index (χ3v) is 7.23. The summed E-state index contributed by atoms with van der Waals surface area (Å²) in [6.07, 6.45) is 3.76. The zero-order valence-electron chi connectivity index (χ0n) is 25.3. The first-order valence-electron chi connectivity index (χ1n) is 14.8. The zero-order valence-corrected chi connectivity index (χ0v) is 25.3. The Bertz CT molecular complexity index is 1360. The quantitative estimate of drug-likeness (QED) is 0.188. The Balaban J connectivity index is 1.33. The molecule has 0 atom stereocenters. The van der Waals surface area contributed by atoms with Gasteiger partial charge in [0.2, 0.25) is 5.91 Å². The number of nitrogens with two attached hydrogens (primary N) is 1. The van der Waals surface area contributed by atoms with Gasteiger partial charge in [0.1, 0.15) is 17.2 Å². The van der Waals surface area contributed by atoms with Crippen LogP contribution in [0.3, 0.4) is 0 Å². The van der Waals surface area contributed by atoms with E-state index < -0.39 is 0 Å². The minimum atomic E-state index is -0.288. The number of rotatable bonds is 14. The molecule has 4 N–H and O–H groups in total. The molecule has 0 unspecified atom stereocenters. The SMILES string of the molecule is CCCN(C(=O)CCCN1CCOCC1)c1cccc(NCN(C)c2ccc(Oc3ccnc(C(=O)NC)c3)cc2N)c1. The maximum atomic E-state index is 13.2. The normalized spacial score (nSPS) is 13.3. The van der Waals surface area contributed by atoms with Gasteiger partial charge < -0.3 is 35.6 Å². The summed E-state index contributed by atoms with van der Waals surface area (Å²) in [6.45, 7) is 7.59. The van der Waals surface area contributed by atoms with Crippen molar-refractivity contribution in [1.29, 1.82) is 0 Å². The van der Waals surface area contributed by atoms with Crippen LogP contribution in [0.25, 0.3) is 0 Å². The number of carbonyl (C=O) groups excluding carboxylic acids is 2. The summed E-state index contributed by atoms with van der Waals surface area (Å²) >= 11 is 0. The van der Waals surface area contributed by atoms with Crippen LogP contribution in [-0.2, 0) is 9.53 Å². The van der Waals surface area contributed by atoms with Crippen LogP contribution < -0.4 is 30.9 Å². The molecule has 2 amide bonds. The van der Waals surface area contributed by atoms with E-state index in [9.17, 15) is 9.59 Å². The first-order chi connectivity index (χ1) is 20.9. The fourth-order valence-electron chi connectivity index (χ4n) is 4.92. The molecule has 0 bridgehead atoms. The van der Waals surface area contributed by atoms with Gasteiger partial charge >= 0.3 is 0 Å². The van der Waals surface area contributed by atoms with E-state index in [4.69, 9.17) is 15.2 Å². The van der Waals surface area contributed by atoms with Crippen molar-refractivity contribution in [3.63, 3.8) is 0 Å². The molecular formula is C32H43N7O4. The van der Waals surface area contributed by atoms with E-state index >= 15 is 0 Å². The highest BCUT2D eigenvalue weighted by molar-refractivity contribution is 5.94. The molecule has 43 heavy (non-hydrogen) atoms. The van der Waals surface area contributed by atoms with E-state index in [1.807, 2.05) is 53.2 Å². The third-order valence-electron chi connectivity index (χ3n) is 7.23. The van der Waals surface area contributed by atoms with Crippen LogP contribution in [-0.4, -0.2) is 81.9 Å². The second-order valence-corrected chi connectivity index (χ2v) is 10.5. The number of hydrogen-bond acceptors (Lipinski definition) is 9. The van der Waals surface area contributed by atoms with Crippen LogP contribution in [0.2, 0.25) is 0 Å². The molecule has 0 spiro atoms. The molecule has 3 aromatic rings. The first kappa shape index (κ1) is 31.6. The van der Waals surface area contributed by atoms with Gasteiger partial charge in [-0.3, -0.25) is 19.5 Å². The van der Waals surface area contributed by atoms with Gasteiger partial charge in [-0.25, -0.2) is 0 Å². The van der Waals surface area contributed by atoms with Crippen LogP contribution >= 0.6 is 0 Å². The topological polar surface area (TPSA) is 125 Å². The molecule has 1 aromatic heterocycles. The average molecular weight is 590 g/mol. The molecular weight excluding hydrogens is 546 g/mol. The van der Waals surface area contributed by atoms with Gasteiger partial charge in [0, 0.05) is 69.9 Å². The van der Waals surface area contributed by atoms with E-state index in [0.717, 1.165) is 62.8 Å². The van der Waals surface area contributed by atoms with E-state index in [1.54, 1.807) is 25.2 Å². The molecule has 1 aliphatic heterocycles. The Morgan fingerprint density at radius 3 is 2.63 bits per heavy atom. The largest absolute Gasteiger partial charge is 0.457 e. The Kier molecular flexibility index (Phi) is 11.6.